The maximum atomic E-state index is 9.72. The molecule has 0 spiro atoms. The summed E-state index contributed by atoms with van der Waals surface area (Å²) in [6, 6.07) is 38.6. The first kappa shape index (κ1) is 20.8. The molecule has 5 rings (SSSR count). The fourth-order valence-electron chi connectivity index (χ4n) is 4.40. The van der Waals surface area contributed by atoms with E-state index in [0.29, 0.717) is 12.2 Å². The second-order valence-electron chi connectivity index (χ2n) is 7.91. The number of aliphatic hydroxyl groups excluding tert-OH is 1. The molecule has 0 saturated heterocycles. The molecule has 1 aromatic heterocycles. The van der Waals surface area contributed by atoms with Crippen molar-refractivity contribution in [2.24, 2.45) is 0 Å². The second-order valence-corrected chi connectivity index (χ2v) is 7.91. The van der Waals surface area contributed by atoms with Crippen LogP contribution in [0, 0.1) is 0 Å². The maximum absolute atomic E-state index is 9.72. The summed E-state index contributed by atoms with van der Waals surface area (Å²) in [4.78, 5) is 1.73. The van der Waals surface area contributed by atoms with Crippen molar-refractivity contribution in [3.05, 3.63) is 149 Å². The van der Waals surface area contributed by atoms with Crippen LogP contribution in [-0.4, -0.2) is 25.3 Å². The van der Waals surface area contributed by atoms with Crippen LogP contribution in [0.3, 0.4) is 0 Å². The van der Waals surface area contributed by atoms with Gasteiger partial charge < -0.3 is 5.11 Å². The molecule has 0 saturated carbocycles. The third-order valence-electron chi connectivity index (χ3n) is 5.97. The van der Waals surface area contributed by atoms with Gasteiger partial charge in [0.2, 0.25) is 0 Å². The van der Waals surface area contributed by atoms with Crippen LogP contribution in [0.25, 0.3) is 0 Å². The number of tetrazole rings is 1. The second kappa shape index (κ2) is 9.18. The van der Waals surface area contributed by atoms with E-state index < -0.39 is 5.54 Å². The minimum atomic E-state index is -0.786. The van der Waals surface area contributed by atoms with Crippen molar-refractivity contribution in [1.82, 2.24) is 20.2 Å². The molecule has 0 amide bonds. The molecule has 1 N–H and O–H groups in total. The summed E-state index contributed by atoms with van der Waals surface area (Å²) in [6.07, 6.45) is 0.491. The largest absolute Gasteiger partial charge is 0.392 e. The van der Waals surface area contributed by atoms with Crippen LogP contribution in [0.5, 0.6) is 0 Å². The Kier molecular flexibility index (Phi) is 5.79. The quantitative estimate of drug-likeness (QED) is 0.382. The van der Waals surface area contributed by atoms with Gasteiger partial charge in [0.05, 0.1) is 6.61 Å². The van der Waals surface area contributed by atoms with Crippen LogP contribution in [0.1, 0.15) is 33.6 Å². The molecule has 5 heteroatoms. The summed E-state index contributed by atoms with van der Waals surface area (Å²) in [6.45, 7) is -0.0215. The zero-order chi connectivity index (χ0) is 22.5. The van der Waals surface area contributed by atoms with E-state index in [-0.39, 0.29) is 6.61 Å². The molecule has 0 radical (unpaired) electrons. The van der Waals surface area contributed by atoms with Crippen LogP contribution < -0.4 is 0 Å². The Bertz CT molecular complexity index is 1220. The molecule has 33 heavy (non-hydrogen) atoms. The van der Waals surface area contributed by atoms with Gasteiger partial charge in [-0.25, -0.2) is 0 Å². The summed E-state index contributed by atoms with van der Waals surface area (Å²) in [5.74, 6) is 0.600. The summed E-state index contributed by atoms with van der Waals surface area (Å²) in [5.41, 5.74) is 4.20. The fraction of sp³-hybridized carbons (Fsp3) is 0.107. The van der Waals surface area contributed by atoms with Crippen molar-refractivity contribution >= 4 is 0 Å². The van der Waals surface area contributed by atoms with Gasteiger partial charge in [0, 0.05) is 6.42 Å². The van der Waals surface area contributed by atoms with Crippen molar-refractivity contribution in [3.8, 4) is 0 Å². The van der Waals surface area contributed by atoms with Gasteiger partial charge in [0.25, 0.3) is 0 Å². The summed E-state index contributed by atoms with van der Waals surface area (Å²) in [7, 11) is 0. The van der Waals surface area contributed by atoms with E-state index in [2.05, 4.69) is 46.7 Å². The first-order chi connectivity index (χ1) is 16.3. The van der Waals surface area contributed by atoms with Crippen LogP contribution in [0.4, 0.5) is 0 Å². The highest BCUT2D eigenvalue weighted by atomic mass is 16.3. The number of hydrogen-bond acceptors (Lipinski definition) is 4. The lowest BCUT2D eigenvalue weighted by atomic mass is 9.77. The number of aliphatic hydroxyl groups is 1. The summed E-state index contributed by atoms with van der Waals surface area (Å²) in [5, 5.41) is 23.6. The van der Waals surface area contributed by atoms with Gasteiger partial charge in [-0.2, -0.15) is 0 Å². The molecule has 0 bridgehead atoms. The zero-order valence-electron chi connectivity index (χ0n) is 18.1. The van der Waals surface area contributed by atoms with Crippen molar-refractivity contribution in [1.29, 1.82) is 0 Å². The molecule has 5 nitrogen and oxygen atoms in total. The van der Waals surface area contributed by atoms with Gasteiger partial charge in [-0.05, 0) is 33.0 Å². The molecule has 0 aliphatic heterocycles. The van der Waals surface area contributed by atoms with Crippen LogP contribution in [-0.2, 0) is 18.6 Å². The average Bonchev–Trinajstić information content (AvgIpc) is 3.35. The molecule has 0 fully saturated rings. The number of aromatic nitrogens is 4. The van der Waals surface area contributed by atoms with E-state index in [0.717, 1.165) is 27.8 Å². The van der Waals surface area contributed by atoms with E-state index in [1.807, 2.05) is 78.9 Å². The number of benzene rings is 4. The Morgan fingerprint density at radius 1 is 0.606 bits per heavy atom. The van der Waals surface area contributed by atoms with Crippen molar-refractivity contribution in [2.45, 2.75) is 18.6 Å². The molecule has 0 unspecified atom stereocenters. The van der Waals surface area contributed by atoms with Gasteiger partial charge in [-0.3, -0.25) is 0 Å². The van der Waals surface area contributed by atoms with Crippen molar-refractivity contribution < 1.29 is 5.11 Å². The van der Waals surface area contributed by atoms with E-state index >= 15 is 0 Å². The van der Waals surface area contributed by atoms with E-state index in [4.69, 9.17) is 5.10 Å². The van der Waals surface area contributed by atoms with Crippen LogP contribution in [0.2, 0.25) is 0 Å². The molecule has 5 aromatic rings. The Balaban J connectivity index is 1.71. The Morgan fingerprint density at radius 3 is 1.55 bits per heavy atom. The lowest BCUT2D eigenvalue weighted by Gasteiger charge is -2.34. The lowest BCUT2D eigenvalue weighted by Crippen LogP contribution is -2.39. The number of hydrogen-bond donors (Lipinski definition) is 1. The highest BCUT2D eigenvalue weighted by Gasteiger charge is 2.41. The van der Waals surface area contributed by atoms with Crippen LogP contribution >= 0.6 is 0 Å². The highest BCUT2D eigenvalue weighted by molar-refractivity contribution is 5.49. The first-order valence-electron chi connectivity index (χ1n) is 11.0. The smallest absolute Gasteiger partial charge is 0.179 e. The standard InChI is InChI=1S/C28H24N4O/c33-21-23-13-11-10-12-22(23)20-27-29-31-32(30-27)28(24-14-4-1-5-15-24,25-16-6-2-7-17-25)26-18-8-3-9-19-26/h1-19,33H,20-21H2. The summed E-state index contributed by atoms with van der Waals surface area (Å²) >= 11 is 0. The maximum Gasteiger partial charge on any atom is 0.179 e. The molecule has 0 aliphatic carbocycles. The first-order valence-corrected chi connectivity index (χ1v) is 11.0. The number of rotatable bonds is 7. The Morgan fingerprint density at radius 2 is 1.06 bits per heavy atom. The normalized spacial score (nSPS) is 11.4. The molecule has 4 aromatic carbocycles. The SMILES string of the molecule is OCc1ccccc1Cc1nnn(C(c2ccccc2)(c2ccccc2)c2ccccc2)n1. The highest BCUT2D eigenvalue weighted by Crippen LogP contribution is 2.39. The third kappa shape index (κ3) is 3.83. The number of nitrogens with zero attached hydrogens (tertiary/aromatic N) is 4. The molecular formula is C28H24N4O. The molecule has 162 valence electrons. The fourth-order valence-corrected chi connectivity index (χ4v) is 4.40. The average molecular weight is 433 g/mol. The van der Waals surface area contributed by atoms with Crippen LogP contribution in [0.15, 0.2) is 115 Å². The monoisotopic (exact) mass is 432 g/mol. The van der Waals surface area contributed by atoms with Gasteiger partial charge in [0.1, 0.15) is 0 Å². The van der Waals surface area contributed by atoms with Crippen molar-refractivity contribution in [3.63, 3.8) is 0 Å². The Labute approximate surface area is 193 Å². The van der Waals surface area contributed by atoms with Gasteiger partial charge >= 0.3 is 0 Å². The minimum absolute atomic E-state index is 0.0215. The van der Waals surface area contributed by atoms with E-state index in [9.17, 15) is 5.11 Å². The van der Waals surface area contributed by atoms with Crippen molar-refractivity contribution in [2.75, 3.05) is 0 Å². The topological polar surface area (TPSA) is 63.8 Å². The van der Waals surface area contributed by atoms with Gasteiger partial charge in [-0.15, -0.1) is 15.0 Å². The third-order valence-corrected chi connectivity index (χ3v) is 5.97. The minimum Gasteiger partial charge on any atom is -0.392 e. The molecule has 1 heterocycles. The summed E-state index contributed by atoms with van der Waals surface area (Å²) < 4.78 is 0. The predicted octanol–water partition coefficient (Wildman–Crippen LogP) is 4.60. The zero-order valence-corrected chi connectivity index (χ0v) is 18.1. The van der Waals surface area contributed by atoms with Gasteiger partial charge in [-0.1, -0.05) is 115 Å². The lowest BCUT2D eigenvalue weighted by molar-refractivity contribution is 0.280. The Hall–Kier alpha value is -4.09. The van der Waals surface area contributed by atoms with Gasteiger partial charge in [0.15, 0.2) is 11.4 Å². The molecule has 0 atom stereocenters. The molecular weight excluding hydrogens is 408 g/mol. The molecule has 0 aliphatic rings. The van der Waals surface area contributed by atoms with E-state index in [1.54, 1.807) is 4.80 Å². The van der Waals surface area contributed by atoms with E-state index in [1.165, 1.54) is 0 Å². The predicted molar refractivity (Wildman–Crippen MR) is 128 cm³/mol.